The SMILES string of the molecule is CCC/C=C/CC1CCC(C)(OC(C)=O)C1(C)C. The smallest absolute Gasteiger partial charge is 0.303 e. The molecule has 0 radical (unpaired) electrons. The lowest BCUT2D eigenvalue weighted by Gasteiger charge is -2.40. The number of carbonyl (C=O) groups is 1. The van der Waals surface area contributed by atoms with Gasteiger partial charge in [0.1, 0.15) is 5.60 Å². The van der Waals surface area contributed by atoms with Crippen molar-refractivity contribution in [2.75, 3.05) is 0 Å². The van der Waals surface area contributed by atoms with E-state index in [4.69, 9.17) is 4.74 Å². The van der Waals surface area contributed by atoms with Crippen LogP contribution in [0, 0.1) is 11.3 Å². The summed E-state index contributed by atoms with van der Waals surface area (Å²) in [7, 11) is 0. The Morgan fingerprint density at radius 3 is 2.56 bits per heavy atom. The fourth-order valence-corrected chi connectivity index (χ4v) is 3.02. The molecule has 2 heteroatoms. The van der Waals surface area contributed by atoms with Crippen LogP contribution in [-0.4, -0.2) is 11.6 Å². The van der Waals surface area contributed by atoms with E-state index in [0.717, 1.165) is 25.7 Å². The van der Waals surface area contributed by atoms with E-state index in [-0.39, 0.29) is 17.0 Å². The number of rotatable bonds is 5. The molecule has 2 nitrogen and oxygen atoms in total. The van der Waals surface area contributed by atoms with Crippen LogP contribution in [0.4, 0.5) is 0 Å². The second-order valence-electron chi connectivity index (χ2n) is 6.28. The molecule has 0 aromatic rings. The van der Waals surface area contributed by atoms with Crippen molar-refractivity contribution in [3.8, 4) is 0 Å². The first-order valence-electron chi connectivity index (χ1n) is 7.18. The Balaban J connectivity index is 2.66. The topological polar surface area (TPSA) is 26.3 Å². The van der Waals surface area contributed by atoms with Crippen LogP contribution >= 0.6 is 0 Å². The fraction of sp³-hybridized carbons (Fsp3) is 0.812. The van der Waals surface area contributed by atoms with Gasteiger partial charge in [0, 0.05) is 12.3 Å². The molecular weight excluding hydrogens is 224 g/mol. The number of ether oxygens (including phenoxy) is 1. The van der Waals surface area contributed by atoms with Crippen LogP contribution in [0.15, 0.2) is 12.2 Å². The highest BCUT2D eigenvalue weighted by atomic mass is 16.6. The van der Waals surface area contributed by atoms with E-state index in [1.807, 2.05) is 0 Å². The summed E-state index contributed by atoms with van der Waals surface area (Å²) in [5.41, 5.74) is -0.253. The summed E-state index contributed by atoms with van der Waals surface area (Å²) in [6.45, 7) is 10.3. The molecule has 0 aromatic carbocycles. The van der Waals surface area contributed by atoms with Crippen molar-refractivity contribution in [2.24, 2.45) is 11.3 Å². The van der Waals surface area contributed by atoms with Crippen molar-refractivity contribution < 1.29 is 9.53 Å². The number of esters is 1. The van der Waals surface area contributed by atoms with Crippen molar-refractivity contribution in [1.82, 2.24) is 0 Å². The average Bonchev–Trinajstić information content (AvgIpc) is 2.46. The van der Waals surface area contributed by atoms with Gasteiger partial charge in [0.25, 0.3) is 0 Å². The van der Waals surface area contributed by atoms with E-state index in [1.54, 1.807) is 0 Å². The molecule has 1 rings (SSSR count). The van der Waals surface area contributed by atoms with Gasteiger partial charge in [-0.25, -0.2) is 0 Å². The molecule has 0 spiro atoms. The molecule has 1 fully saturated rings. The monoisotopic (exact) mass is 252 g/mol. The predicted molar refractivity (Wildman–Crippen MR) is 75.3 cm³/mol. The Morgan fingerprint density at radius 1 is 1.33 bits per heavy atom. The zero-order valence-corrected chi connectivity index (χ0v) is 12.6. The second kappa shape index (κ2) is 5.90. The highest BCUT2D eigenvalue weighted by molar-refractivity contribution is 5.66. The molecule has 1 aliphatic carbocycles. The van der Waals surface area contributed by atoms with Crippen LogP contribution in [0.1, 0.15) is 66.7 Å². The number of allylic oxidation sites excluding steroid dienone is 2. The largest absolute Gasteiger partial charge is 0.459 e. The Morgan fingerprint density at radius 2 is 2.00 bits per heavy atom. The van der Waals surface area contributed by atoms with E-state index in [2.05, 4.69) is 39.8 Å². The molecule has 0 bridgehead atoms. The van der Waals surface area contributed by atoms with Gasteiger partial charge in [-0.1, -0.05) is 39.3 Å². The fourth-order valence-electron chi connectivity index (χ4n) is 3.02. The third kappa shape index (κ3) is 3.15. The lowest BCUT2D eigenvalue weighted by atomic mass is 9.72. The number of hydrogen-bond donors (Lipinski definition) is 0. The van der Waals surface area contributed by atoms with Crippen molar-refractivity contribution in [3.63, 3.8) is 0 Å². The van der Waals surface area contributed by atoms with Crippen molar-refractivity contribution in [1.29, 1.82) is 0 Å². The zero-order chi connectivity index (χ0) is 13.8. The molecule has 0 aliphatic heterocycles. The van der Waals surface area contributed by atoms with Crippen LogP contribution in [0.2, 0.25) is 0 Å². The van der Waals surface area contributed by atoms with E-state index < -0.39 is 0 Å². The molecule has 2 atom stereocenters. The Bertz CT molecular complexity index is 317. The molecule has 0 saturated heterocycles. The zero-order valence-electron chi connectivity index (χ0n) is 12.6. The van der Waals surface area contributed by atoms with E-state index >= 15 is 0 Å². The lowest BCUT2D eigenvalue weighted by Crippen LogP contribution is -2.43. The molecular formula is C16H28O2. The minimum atomic E-state index is -0.303. The third-order valence-corrected chi connectivity index (χ3v) is 4.77. The summed E-state index contributed by atoms with van der Waals surface area (Å²) in [6, 6.07) is 0. The number of unbranched alkanes of at least 4 members (excludes halogenated alkanes) is 1. The average molecular weight is 252 g/mol. The first-order chi connectivity index (χ1) is 8.33. The summed E-state index contributed by atoms with van der Waals surface area (Å²) < 4.78 is 5.61. The number of hydrogen-bond acceptors (Lipinski definition) is 2. The maximum Gasteiger partial charge on any atom is 0.303 e. The maximum absolute atomic E-state index is 11.3. The van der Waals surface area contributed by atoms with Gasteiger partial charge in [-0.15, -0.1) is 0 Å². The predicted octanol–water partition coefficient (Wildman–Crippen LogP) is 4.49. The first-order valence-corrected chi connectivity index (χ1v) is 7.18. The lowest BCUT2D eigenvalue weighted by molar-refractivity contribution is -0.166. The normalized spacial score (nSPS) is 30.8. The molecule has 0 heterocycles. The standard InChI is InChI=1S/C16H28O2/c1-6-7-8-9-10-14-11-12-16(5,15(14,3)4)18-13(2)17/h8-9,14H,6-7,10-12H2,1-5H3/b9-8+. The van der Waals surface area contributed by atoms with Crippen molar-refractivity contribution in [3.05, 3.63) is 12.2 Å². The van der Waals surface area contributed by atoms with Gasteiger partial charge in [-0.2, -0.15) is 0 Å². The molecule has 18 heavy (non-hydrogen) atoms. The van der Waals surface area contributed by atoms with Crippen molar-refractivity contribution >= 4 is 5.97 Å². The van der Waals surface area contributed by atoms with Crippen LogP contribution in [0.25, 0.3) is 0 Å². The highest BCUT2D eigenvalue weighted by Crippen LogP contribution is 2.53. The Kier molecular flexibility index (Phi) is 5.01. The number of carbonyl (C=O) groups excluding carboxylic acids is 1. The van der Waals surface area contributed by atoms with Gasteiger partial charge in [0.15, 0.2) is 0 Å². The van der Waals surface area contributed by atoms with Gasteiger partial charge in [-0.05, 0) is 38.5 Å². The minimum absolute atomic E-state index is 0.0508. The van der Waals surface area contributed by atoms with E-state index in [9.17, 15) is 4.79 Å². The molecule has 104 valence electrons. The van der Waals surface area contributed by atoms with Crippen molar-refractivity contribution in [2.45, 2.75) is 72.3 Å². The van der Waals surface area contributed by atoms with Crippen LogP contribution in [0.5, 0.6) is 0 Å². The summed E-state index contributed by atoms with van der Waals surface area (Å²) in [5.74, 6) is 0.447. The maximum atomic E-state index is 11.3. The van der Waals surface area contributed by atoms with Crippen LogP contribution in [0.3, 0.4) is 0 Å². The Labute approximate surface area is 112 Å². The van der Waals surface area contributed by atoms with Crippen LogP contribution in [-0.2, 0) is 9.53 Å². The summed E-state index contributed by atoms with van der Waals surface area (Å²) >= 11 is 0. The van der Waals surface area contributed by atoms with Crippen LogP contribution < -0.4 is 0 Å². The van der Waals surface area contributed by atoms with Gasteiger partial charge in [0.05, 0.1) is 0 Å². The molecule has 0 aromatic heterocycles. The minimum Gasteiger partial charge on any atom is -0.459 e. The molecule has 0 N–H and O–H groups in total. The van der Waals surface area contributed by atoms with Gasteiger partial charge < -0.3 is 4.74 Å². The van der Waals surface area contributed by atoms with E-state index in [1.165, 1.54) is 13.3 Å². The Hall–Kier alpha value is -0.790. The molecule has 1 saturated carbocycles. The summed E-state index contributed by atoms with van der Waals surface area (Å²) in [4.78, 5) is 11.3. The third-order valence-electron chi connectivity index (χ3n) is 4.77. The first kappa shape index (κ1) is 15.3. The molecule has 1 aliphatic rings. The second-order valence-corrected chi connectivity index (χ2v) is 6.28. The van der Waals surface area contributed by atoms with Gasteiger partial charge in [0.2, 0.25) is 0 Å². The molecule has 0 amide bonds. The van der Waals surface area contributed by atoms with E-state index in [0.29, 0.717) is 5.92 Å². The quantitative estimate of drug-likeness (QED) is 0.532. The molecule has 2 unspecified atom stereocenters. The summed E-state index contributed by atoms with van der Waals surface area (Å²) in [6.07, 6.45) is 10.2. The summed E-state index contributed by atoms with van der Waals surface area (Å²) in [5, 5.41) is 0. The van der Waals surface area contributed by atoms with Gasteiger partial charge >= 0.3 is 5.97 Å². The van der Waals surface area contributed by atoms with Gasteiger partial charge in [-0.3, -0.25) is 4.79 Å². The highest BCUT2D eigenvalue weighted by Gasteiger charge is 2.53.